The number of aliphatic hydroxyl groups is 1. The van der Waals surface area contributed by atoms with Crippen molar-refractivity contribution in [2.24, 2.45) is 0 Å². The molecule has 1 N–H and O–H groups in total. The van der Waals surface area contributed by atoms with E-state index in [1.807, 2.05) is 97.1 Å². The second-order valence-corrected chi connectivity index (χ2v) is 14.9. The third-order valence-electron chi connectivity index (χ3n) is 9.69. The molecular formula is C41H40N2O6S. The predicted molar refractivity (Wildman–Crippen MR) is 191 cm³/mol. The Kier molecular flexibility index (Phi) is 9.81. The van der Waals surface area contributed by atoms with Crippen LogP contribution in [0.15, 0.2) is 126 Å². The van der Waals surface area contributed by atoms with Gasteiger partial charge < -0.3 is 14.6 Å². The molecule has 256 valence electrons. The number of aliphatic hydroxyl groups excluding tert-OH is 1. The maximum absolute atomic E-state index is 14.0. The Morgan fingerprint density at radius 2 is 1.46 bits per heavy atom. The number of carbonyl (C=O) groups is 1. The molecule has 9 heteroatoms. The second kappa shape index (κ2) is 14.6. The Hall–Kier alpha value is -4.83. The first-order valence-corrected chi connectivity index (χ1v) is 18.5. The van der Waals surface area contributed by atoms with Gasteiger partial charge in [0.1, 0.15) is 19.0 Å². The Balaban J connectivity index is 1.07. The number of pyridine rings is 1. The lowest BCUT2D eigenvalue weighted by Crippen LogP contribution is -2.37. The van der Waals surface area contributed by atoms with E-state index in [0.29, 0.717) is 49.1 Å². The monoisotopic (exact) mass is 688 g/mol. The Morgan fingerprint density at radius 1 is 0.800 bits per heavy atom. The highest BCUT2D eigenvalue weighted by atomic mass is 32.2. The van der Waals surface area contributed by atoms with Gasteiger partial charge in [-0.2, -0.15) is 4.31 Å². The molecule has 1 aliphatic carbocycles. The lowest BCUT2D eigenvalue weighted by Gasteiger charge is -2.22. The Labute approximate surface area is 293 Å². The number of nitrogens with zero attached hydrogens (tertiary/aromatic N) is 2. The molecule has 50 heavy (non-hydrogen) atoms. The molecule has 0 amide bonds. The van der Waals surface area contributed by atoms with Gasteiger partial charge in [-0.1, -0.05) is 84.9 Å². The zero-order chi connectivity index (χ0) is 34.6. The van der Waals surface area contributed by atoms with Crippen molar-refractivity contribution in [2.75, 3.05) is 13.2 Å². The maximum Gasteiger partial charge on any atom is 0.243 e. The number of carbonyl (C=O) groups excluding carboxylic acids is 1. The van der Waals surface area contributed by atoms with Gasteiger partial charge in [0.15, 0.2) is 11.5 Å². The number of hydrogen-bond donors (Lipinski definition) is 1. The van der Waals surface area contributed by atoms with Crippen LogP contribution in [0.4, 0.5) is 0 Å². The number of hydrogen-bond acceptors (Lipinski definition) is 7. The zero-order valence-corrected chi connectivity index (χ0v) is 28.6. The number of sulfonamides is 1. The topological polar surface area (TPSA) is 106 Å². The molecule has 0 bridgehead atoms. The van der Waals surface area contributed by atoms with E-state index in [4.69, 9.17) is 14.5 Å². The summed E-state index contributed by atoms with van der Waals surface area (Å²) in [4.78, 5) is 19.0. The van der Waals surface area contributed by atoms with E-state index in [0.717, 1.165) is 41.5 Å². The van der Waals surface area contributed by atoms with E-state index in [2.05, 4.69) is 0 Å². The fraction of sp³-hybridized carbons (Fsp3) is 0.268. The van der Waals surface area contributed by atoms with Crippen molar-refractivity contribution < 1.29 is 27.8 Å². The minimum atomic E-state index is -3.71. The van der Waals surface area contributed by atoms with Gasteiger partial charge in [-0.15, -0.1) is 0 Å². The van der Waals surface area contributed by atoms with E-state index in [9.17, 15) is 18.3 Å². The summed E-state index contributed by atoms with van der Waals surface area (Å²) in [5.74, 6) is 1.32. The molecule has 1 saturated carbocycles. The van der Waals surface area contributed by atoms with Gasteiger partial charge >= 0.3 is 0 Å². The summed E-state index contributed by atoms with van der Waals surface area (Å²) in [6.45, 7) is 0.988. The van der Waals surface area contributed by atoms with Crippen LogP contribution in [0.2, 0.25) is 0 Å². The lowest BCUT2D eigenvalue weighted by molar-refractivity contribution is -0.120. The van der Waals surface area contributed by atoms with Gasteiger partial charge in [-0.25, -0.2) is 8.42 Å². The minimum Gasteiger partial charge on any atom is -0.485 e. The largest absolute Gasteiger partial charge is 0.485 e. The molecule has 0 unspecified atom stereocenters. The van der Waals surface area contributed by atoms with Crippen LogP contribution in [0.25, 0.3) is 11.3 Å². The lowest BCUT2D eigenvalue weighted by atomic mass is 9.88. The van der Waals surface area contributed by atoms with Crippen LogP contribution in [-0.4, -0.2) is 47.8 Å². The summed E-state index contributed by atoms with van der Waals surface area (Å²) in [5.41, 5.74) is 4.45. The molecule has 1 saturated heterocycles. The summed E-state index contributed by atoms with van der Waals surface area (Å²) in [5, 5.41) is 9.64. The standard InChI is InChI=1S/C41H40N2O6S/c44-27-35-14-8-24-43(35)50(46,47)36-19-16-32(17-20-36)37-15-7-13-34(42-37)26-40(45)41(22-23-41)33-18-21-38(48-28-30-9-3-1-4-10-30)39(25-33)49-29-31-11-5-2-6-12-31/h1-7,9-13,15-21,25,35,44H,8,14,22-24,26-29H2/t35-/m1/s1. The van der Waals surface area contributed by atoms with Crippen molar-refractivity contribution >= 4 is 15.8 Å². The molecule has 4 aromatic carbocycles. The van der Waals surface area contributed by atoms with Crippen LogP contribution in [-0.2, 0) is 39.9 Å². The third-order valence-corrected chi connectivity index (χ3v) is 11.7. The molecule has 5 aromatic rings. The van der Waals surface area contributed by atoms with Gasteiger partial charge in [0.2, 0.25) is 10.0 Å². The number of ketones is 1. The summed E-state index contributed by atoms with van der Waals surface area (Å²) < 4.78 is 40.4. The zero-order valence-electron chi connectivity index (χ0n) is 27.8. The van der Waals surface area contributed by atoms with Gasteiger partial charge in [0, 0.05) is 30.3 Å². The average molecular weight is 689 g/mol. The molecule has 2 fully saturated rings. The third kappa shape index (κ3) is 7.21. The van der Waals surface area contributed by atoms with Crippen LogP contribution >= 0.6 is 0 Å². The number of aromatic nitrogens is 1. The molecule has 8 nitrogen and oxygen atoms in total. The van der Waals surface area contributed by atoms with Crippen LogP contribution in [0.3, 0.4) is 0 Å². The molecule has 1 aromatic heterocycles. The van der Waals surface area contributed by atoms with E-state index < -0.39 is 15.4 Å². The van der Waals surface area contributed by atoms with Gasteiger partial charge in [-0.05, 0) is 78.8 Å². The smallest absolute Gasteiger partial charge is 0.243 e. The molecule has 1 atom stereocenters. The Bertz CT molecular complexity index is 2050. The number of benzene rings is 4. The van der Waals surface area contributed by atoms with E-state index >= 15 is 0 Å². The van der Waals surface area contributed by atoms with E-state index in [1.165, 1.54) is 4.31 Å². The highest BCUT2D eigenvalue weighted by molar-refractivity contribution is 7.89. The summed E-state index contributed by atoms with van der Waals surface area (Å²) >= 11 is 0. The second-order valence-electron chi connectivity index (χ2n) is 13.0. The molecule has 0 spiro atoms. The number of rotatable bonds is 14. The molecular weight excluding hydrogens is 649 g/mol. The SMILES string of the molecule is O=C(Cc1cccc(-c2ccc(S(=O)(=O)N3CCC[C@@H]3CO)cc2)n1)C1(c2ccc(OCc3ccccc3)c(OCc3ccccc3)c2)CC1. The van der Waals surface area contributed by atoms with Crippen molar-refractivity contribution in [3.63, 3.8) is 0 Å². The Morgan fingerprint density at radius 3 is 2.10 bits per heavy atom. The summed E-state index contributed by atoms with van der Waals surface area (Å²) in [6, 6.07) is 37.6. The van der Waals surface area contributed by atoms with E-state index in [-0.39, 0.29) is 29.7 Å². The first kappa shape index (κ1) is 33.7. The van der Waals surface area contributed by atoms with Gasteiger partial charge in [0.25, 0.3) is 0 Å². The van der Waals surface area contributed by atoms with Crippen molar-refractivity contribution in [3.05, 3.63) is 144 Å². The van der Waals surface area contributed by atoms with Gasteiger partial charge in [-0.3, -0.25) is 9.78 Å². The van der Waals surface area contributed by atoms with Crippen LogP contribution in [0, 0.1) is 0 Å². The summed E-state index contributed by atoms with van der Waals surface area (Å²) in [6.07, 6.45) is 3.05. The fourth-order valence-electron chi connectivity index (χ4n) is 6.68. The van der Waals surface area contributed by atoms with Crippen LogP contribution in [0.1, 0.15) is 48.1 Å². The molecule has 7 rings (SSSR count). The van der Waals surface area contributed by atoms with Crippen molar-refractivity contribution in [2.45, 2.75) is 61.7 Å². The molecule has 0 radical (unpaired) electrons. The average Bonchev–Trinajstić information content (AvgIpc) is 3.83. The number of ether oxygens (including phenoxy) is 2. The number of Topliss-reactive ketones (excluding diaryl/α,β-unsaturated/α-hetero) is 1. The normalized spacial score (nSPS) is 16.9. The fourth-order valence-corrected chi connectivity index (χ4v) is 8.36. The van der Waals surface area contributed by atoms with Crippen molar-refractivity contribution in [1.29, 1.82) is 0 Å². The molecule has 1 aliphatic heterocycles. The van der Waals surface area contributed by atoms with Crippen LogP contribution < -0.4 is 9.47 Å². The maximum atomic E-state index is 14.0. The highest BCUT2D eigenvalue weighted by Crippen LogP contribution is 2.51. The minimum absolute atomic E-state index is 0.0969. The first-order chi connectivity index (χ1) is 24.4. The first-order valence-electron chi connectivity index (χ1n) is 17.1. The van der Waals surface area contributed by atoms with Gasteiger partial charge in [0.05, 0.1) is 22.6 Å². The quantitative estimate of drug-likeness (QED) is 0.135. The molecule has 2 aliphatic rings. The summed E-state index contributed by atoms with van der Waals surface area (Å²) in [7, 11) is -3.71. The van der Waals surface area contributed by atoms with Crippen molar-refractivity contribution in [3.8, 4) is 22.8 Å². The van der Waals surface area contributed by atoms with Crippen LogP contribution in [0.5, 0.6) is 11.5 Å². The highest BCUT2D eigenvalue weighted by Gasteiger charge is 2.51. The molecule has 2 heterocycles. The van der Waals surface area contributed by atoms with E-state index in [1.54, 1.807) is 24.3 Å². The van der Waals surface area contributed by atoms with Crippen molar-refractivity contribution in [1.82, 2.24) is 9.29 Å². The predicted octanol–water partition coefficient (Wildman–Crippen LogP) is 6.90.